The third-order valence-electron chi connectivity index (χ3n) is 2.31. The van der Waals surface area contributed by atoms with Crippen molar-refractivity contribution in [3.8, 4) is 0 Å². The lowest BCUT2D eigenvalue weighted by molar-refractivity contribution is 0.0693. The van der Waals surface area contributed by atoms with Crippen molar-refractivity contribution in [1.82, 2.24) is 4.57 Å². The Balaban J connectivity index is 3.27. The van der Waals surface area contributed by atoms with E-state index in [-0.39, 0.29) is 11.1 Å². The standard InChI is InChI=1S/C11H15NO4/c1-11(2,7-16-3)12-6-8(10(14)15)4-5-9(12)13/h4-6H,7H2,1-3H3,(H,14,15). The number of nitrogens with zero attached hydrogens (tertiary/aromatic N) is 1. The lowest BCUT2D eigenvalue weighted by atomic mass is 10.1. The molecule has 0 radical (unpaired) electrons. The summed E-state index contributed by atoms with van der Waals surface area (Å²) in [6.45, 7) is 3.95. The molecule has 1 rings (SSSR count). The maximum absolute atomic E-state index is 11.6. The number of methoxy groups -OCH3 is 1. The van der Waals surface area contributed by atoms with Crippen LogP contribution in [0.3, 0.4) is 0 Å². The Bertz CT molecular complexity index is 448. The monoisotopic (exact) mass is 225 g/mol. The molecule has 1 aromatic heterocycles. The number of aromatic nitrogens is 1. The van der Waals surface area contributed by atoms with Gasteiger partial charge in [-0.3, -0.25) is 4.79 Å². The van der Waals surface area contributed by atoms with E-state index in [0.29, 0.717) is 6.61 Å². The number of pyridine rings is 1. The van der Waals surface area contributed by atoms with Gasteiger partial charge in [0.15, 0.2) is 0 Å². The second kappa shape index (κ2) is 4.49. The molecule has 0 aliphatic carbocycles. The molecule has 0 saturated heterocycles. The van der Waals surface area contributed by atoms with Gasteiger partial charge in [0.05, 0.1) is 17.7 Å². The Hall–Kier alpha value is -1.62. The average molecular weight is 225 g/mol. The molecule has 0 atom stereocenters. The van der Waals surface area contributed by atoms with E-state index in [0.717, 1.165) is 0 Å². The van der Waals surface area contributed by atoms with Crippen LogP contribution in [0.2, 0.25) is 0 Å². The highest BCUT2D eigenvalue weighted by Gasteiger charge is 2.22. The third kappa shape index (κ3) is 2.49. The van der Waals surface area contributed by atoms with Gasteiger partial charge in [0.1, 0.15) is 0 Å². The Kier molecular flexibility index (Phi) is 3.49. The summed E-state index contributed by atoms with van der Waals surface area (Å²) < 4.78 is 6.38. The van der Waals surface area contributed by atoms with Gasteiger partial charge < -0.3 is 14.4 Å². The third-order valence-corrected chi connectivity index (χ3v) is 2.31. The van der Waals surface area contributed by atoms with Crippen LogP contribution in [0.4, 0.5) is 0 Å². The molecule has 5 heteroatoms. The first-order chi connectivity index (χ1) is 7.38. The number of aromatic carboxylic acids is 1. The minimum absolute atomic E-state index is 0.0868. The Morgan fingerprint density at radius 1 is 1.50 bits per heavy atom. The highest BCUT2D eigenvalue weighted by Crippen LogP contribution is 2.13. The van der Waals surface area contributed by atoms with Crippen LogP contribution in [-0.2, 0) is 10.3 Å². The maximum Gasteiger partial charge on any atom is 0.337 e. The Morgan fingerprint density at radius 3 is 2.62 bits per heavy atom. The lowest BCUT2D eigenvalue weighted by Crippen LogP contribution is -2.39. The molecule has 16 heavy (non-hydrogen) atoms. The Labute approximate surface area is 93.3 Å². The molecular weight excluding hydrogens is 210 g/mol. The summed E-state index contributed by atoms with van der Waals surface area (Å²) in [4.78, 5) is 22.4. The van der Waals surface area contributed by atoms with Gasteiger partial charge in [0.2, 0.25) is 0 Å². The number of carboxylic acid groups (broad SMARTS) is 1. The van der Waals surface area contributed by atoms with Crippen molar-refractivity contribution < 1.29 is 14.6 Å². The number of ether oxygens (including phenoxy) is 1. The van der Waals surface area contributed by atoms with E-state index in [1.165, 1.54) is 30.0 Å². The minimum Gasteiger partial charge on any atom is -0.478 e. The van der Waals surface area contributed by atoms with Gasteiger partial charge in [-0.1, -0.05) is 0 Å². The van der Waals surface area contributed by atoms with Crippen molar-refractivity contribution in [2.75, 3.05) is 13.7 Å². The van der Waals surface area contributed by atoms with Crippen LogP contribution < -0.4 is 5.56 Å². The number of rotatable bonds is 4. The number of carbonyl (C=O) groups is 1. The summed E-state index contributed by atoms with van der Waals surface area (Å²) in [6, 6.07) is 2.55. The first kappa shape index (κ1) is 12.4. The molecule has 0 aromatic carbocycles. The van der Waals surface area contributed by atoms with E-state index in [1.54, 1.807) is 0 Å². The van der Waals surface area contributed by atoms with Crippen molar-refractivity contribution >= 4 is 5.97 Å². The average Bonchev–Trinajstić information content (AvgIpc) is 2.17. The molecule has 0 amide bonds. The summed E-state index contributed by atoms with van der Waals surface area (Å²) in [6.07, 6.45) is 1.34. The normalized spacial score (nSPS) is 11.4. The fraction of sp³-hybridized carbons (Fsp3) is 0.455. The quantitative estimate of drug-likeness (QED) is 0.827. The first-order valence-corrected chi connectivity index (χ1v) is 4.84. The van der Waals surface area contributed by atoms with Gasteiger partial charge in [0.25, 0.3) is 5.56 Å². The van der Waals surface area contributed by atoms with Crippen LogP contribution in [0.5, 0.6) is 0 Å². The summed E-state index contributed by atoms with van der Waals surface area (Å²) in [7, 11) is 1.54. The van der Waals surface area contributed by atoms with Crippen molar-refractivity contribution in [3.05, 3.63) is 34.2 Å². The fourth-order valence-electron chi connectivity index (χ4n) is 1.51. The molecule has 1 heterocycles. The molecule has 0 bridgehead atoms. The molecule has 1 N–H and O–H groups in total. The van der Waals surface area contributed by atoms with E-state index >= 15 is 0 Å². The molecule has 0 aliphatic rings. The van der Waals surface area contributed by atoms with Crippen LogP contribution in [0.25, 0.3) is 0 Å². The summed E-state index contributed by atoms with van der Waals surface area (Å²) in [5.74, 6) is -1.05. The molecule has 0 unspecified atom stereocenters. The van der Waals surface area contributed by atoms with Crippen molar-refractivity contribution in [3.63, 3.8) is 0 Å². The fourth-order valence-corrected chi connectivity index (χ4v) is 1.51. The van der Waals surface area contributed by atoms with Crippen molar-refractivity contribution in [2.45, 2.75) is 19.4 Å². The number of carboxylic acids is 1. The van der Waals surface area contributed by atoms with Gasteiger partial charge in [-0.05, 0) is 19.9 Å². The highest BCUT2D eigenvalue weighted by molar-refractivity contribution is 5.87. The molecular formula is C11H15NO4. The molecule has 0 spiro atoms. The van der Waals surface area contributed by atoms with Crippen LogP contribution >= 0.6 is 0 Å². The molecule has 88 valence electrons. The van der Waals surface area contributed by atoms with Crippen LogP contribution in [0.15, 0.2) is 23.1 Å². The molecule has 0 fully saturated rings. The molecule has 0 aliphatic heterocycles. The van der Waals surface area contributed by atoms with Gasteiger partial charge in [-0.15, -0.1) is 0 Å². The summed E-state index contributed by atoms with van der Waals surface area (Å²) in [5.41, 5.74) is -0.729. The van der Waals surface area contributed by atoms with Crippen LogP contribution in [0, 0.1) is 0 Å². The van der Waals surface area contributed by atoms with Crippen molar-refractivity contribution in [2.24, 2.45) is 0 Å². The van der Waals surface area contributed by atoms with Gasteiger partial charge in [-0.2, -0.15) is 0 Å². The summed E-state index contributed by atoms with van der Waals surface area (Å²) in [5, 5.41) is 8.85. The zero-order valence-corrected chi connectivity index (χ0v) is 9.56. The number of hydrogen-bond donors (Lipinski definition) is 1. The number of hydrogen-bond acceptors (Lipinski definition) is 3. The predicted molar refractivity (Wildman–Crippen MR) is 58.9 cm³/mol. The second-order valence-corrected chi connectivity index (χ2v) is 4.18. The first-order valence-electron chi connectivity index (χ1n) is 4.84. The van der Waals surface area contributed by atoms with E-state index in [9.17, 15) is 9.59 Å². The van der Waals surface area contributed by atoms with E-state index < -0.39 is 11.5 Å². The molecule has 0 saturated carbocycles. The van der Waals surface area contributed by atoms with E-state index in [2.05, 4.69) is 0 Å². The largest absolute Gasteiger partial charge is 0.478 e. The van der Waals surface area contributed by atoms with Crippen molar-refractivity contribution in [1.29, 1.82) is 0 Å². The zero-order chi connectivity index (χ0) is 12.3. The van der Waals surface area contributed by atoms with Crippen LogP contribution in [0.1, 0.15) is 24.2 Å². The SMILES string of the molecule is COCC(C)(C)n1cc(C(=O)O)ccc1=O. The lowest BCUT2D eigenvalue weighted by Gasteiger charge is -2.26. The van der Waals surface area contributed by atoms with Gasteiger partial charge in [0, 0.05) is 19.4 Å². The second-order valence-electron chi connectivity index (χ2n) is 4.18. The van der Waals surface area contributed by atoms with E-state index in [1.807, 2.05) is 13.8 Å². The minimum atomic E-state index is -1.05. The smallest absolute Gasteiger partial charge is 0.337 e. The van der Waals surface area contributed by atoms with E-state index in [4.69, 9.17) is 9.84 Å². The Morgan fingerprint density at radius 2 is 2.12 bits per heavy atom. The highest BCUT2D eigenvalue weighted by atomic mass is 16.5. The molecule has 5 nitrogen and oxygen atoms in total. The topological polar surface area (TPSA) is 68.5 Å². The van der Waals surface area contributed by atoms with Gasteiger partial charge >= 0.3 is 5.97 Å². The maximum atomic E-state index is 11.6. The zero-order valence-electron chi connectivity index (χ0n) is 9.56. The molecule has 1 aromatic rings. The van der Waals surface area contributed by atoms with Gasteiger partial charge in [-0.25, -0.2) is 4.79 Å². The summed E-state index contributed by atoms with van der Waals surface area (Å²) >= 11 is 0. The predicted octanol–water partition coefficient (Wildman–Crippen LogP) is 0.928. The van der Waals surface area contributed by atoms with Crippen LogP contribution in [-0.4, -0.2) is 29.4 Å².